The number of nitrogens with one attached hydrogen (secondary N) is 3. The van der Waals surface area contributed by atoms with E-state index in [4.69, 9.17) is 9.47 Å². The Morgan fingerprint density at radius 1 is 0.863 bits per heavy atom. The third-order valence-electron chi connectivity index (χ3n) is 9.07. The van der Waals surface area contributed by atoms with Crippen LogP contribution < -0.4 is 26.1 Å². The van der Waals surface area contributed by atoms with E-state index in [-0.39, 0.29) is 34.0 Å². The molecule has 15 heteroatoms. The number of carbonyl (C=O) groups excluding carboxylic acids is 2. The zero-order valence-corrected chi connectivity index (χ0v) is 28.1. The molecule has 2 aromatic carbocycles. The number of aryl methyl sites for hydroxylation is 2. The number of rotatable bonds is 15. The Kier molecular flexibility index (Phi) is 10.4. The van der Waals surface area contributed by atoms with Crippen molar-refractivity contribution in [2.75, 3.05) is 57.8 Å². The van der Waals surface area contributed by atoms with Gasteiger partial charge in [-0.25, -0.2) is 14.4 Å². The highest BCUT2D eigenvalue weighted by atomic mass is 19.1. The number of benzene rings is 2. The second-order valence-corrected chi connectivity index (χ2v) is 12.5. The zero-order valence-electron chi connectivity index (χ0n) is 28.1. The van der Waals surface area contributed by atoms with Crippen LogP contribution in [-0.4, -0.2) is 92.9 Å². The van der Waals surface area contributed by atoms with Gasteiger partial charge in [0.25, 0.3) is 11.8 Å². The van der Waals surface area contributed by atoms with E-state index in [1.54, 1.807) is 47.8 Å². The maximum Gasteiger partial charge on any atom is 0.256 e. The molecule has 14 nitrogen and oxygen atoms in total. The Bertz CT molecular complexity index is 2060. The quantitative estimate of drug-likeness (QED) is 0.137. The van der Waals surface area contributed by atoms with E-state index in [0.29, 0.717) is 75.5 Å². The summed E-state index contributed by atoms with van der Waals surface area (Å²) in [6.07, 6.45) is 14.0. The summed E-state index contributed by atoms with van der Waals surface area (Å²) in [5.74, 6) is -1.14. The number of anilines is 1. The summed E-state index contributed by atoms with van der Waals surface area (Å²) in [6, 6.07) is 6.12. The molecule has 51 heavy (non-hydrogen) atoms. The van der Waals surface area contributed by atoms with Crippen LogP contribution in [0.4, 0.5) is 10.1 Å². The van der Waals surface area contributed by atoms with Crippen molar-refractivity contribution in [1.29, 1.82) is 0 Å². The summed E-state index contributed by atoms with van der Waals surface area (Å²) in [6.45, 7) is 6.48. The van der Waals surface area contributed by atoms with Crippen LogP contribution in [0.1, 0.15) is 40.0 Å². The molecule has 0 aliphatic carbocycles. The lowest BCUT2D eigenvalue weighted by molar-refractivity contribution is 0.0378. The first-order valence-corrected chi connectivity index (χ1v) is 17.2. The molecule has 2 aliphatic heterocycles. The van der Waals surface area contributed by atoms with Crippen molar-refractivity contribution >= 4 is 28.4 Å². The van der Waals surface area contributed by atoms with E-state index in [1.807, 2.05) is 21.5 Å². The molecule has 0 radical (unpaired) electrons. The van der Waals surface area contributed by atoms with Gasteiger partial charge in [-0.1, -0.05) is 0 Å². The average Bonchev–Trinajstić information content (AvgIpc) is 3.87. The molecule has 7 rings (SSSR count). The van der Waals surface area contributed by atoms with E-state index in [9.17, 15) is 14.4 Å². The van der Waals surface area contributed by atoms with Crippen LogP contribution in [-0.2, 0) is 17.8 Å². The highest BCUT2D eigenvalue weighted by molar-refractivity contribution is 6.01. The number of imidazole rings is 2. The number of aromatic nitrogens is 5. The Morgan fingerprint density at radius 3 is 2.24 bits per heavy atom. The van der Waals surface area contributed by atoms with Crippen molar-refractivity contribution in [3.63, 3.8) is 0 Å². The van der Waals surface area contributed by atoms with Crippen LogP contribution in [0.3, 0.4) is 0 Å². The van der Waals surface area contributed by atoms with Gasteiger partial charge in [0.15, 0.2) is 17.3 Å². The number of fused-ring (bicyclic) bond motifs is 2. The van der Waals surface area contributed by atoms with Crippen LogP contribution in [0.25, 0.3) is 16.6 Å². The fourth-order valence-corrected chi connectivity index (χ4v) is 6.39. The fourth-order valence-electron chi connectivity index (χ4n) is 6.39. The third kappa shape index (κ3) is 7.64. The SMILES string of the molecule is O=C(NCCCn1ccnc1)c1ccc2c(c1)Oc1c(NCCCN3CCOCC3)c(F)cc3c(=O)c(C(=O)NCCCn4ccnc4)cn-2c13. The van der Waals surface area contributed by atoms with Crippen LogP contribution >= 0.6 is 0 Å². The molecule has 0 unspecified atom stereocenters. The van der Waals surface area contributed by atoms with Crippen molar-refractivity contribution in [2.45, 2.75) is 32.4 Å². The van der Waals surface area contributed by atoms with E-state index >= 15 is 4.39 Å². The van der Waals surface area contributed by atoms with Crippen LogP contribution in [0.5, 0.6) is 11.5 Å². The van der Waals surface area contributed by atoms with E-state index in [2.05, 4.69) is 30.8 Å². The number of carbonyl (C=O) groups is 2. The predicted molar refractivity (Wildman–Crippen MR) is 188 cm³/mol. The Morgan fingerprint density at radius 2 is 1.55 bits per heavy atom. The highest BCUT2D eigenvalue weighted by Crippen LogP contribution is 2.45. The number of hydrogen-bond donors (Lipinski definition) is 3. The topological polar surface area (TPSA) is 150 Å². The van der Waals surface area contributed by atoms with Gasteiger partial charge >= 0.3 is 0 Å². The molecule has 0 atom stereocenters. The fraction of sp³-hybridized carbons (Fsp3) is 0.361. The second kappa shape index (κ2) is 15.6. The molecule has 0 saturated carbocycles. The third-order valence-corrected chi connectivity index (χ3v) is 9.07. The molecule has 0 spiro atoms. The van der Waals surface area contributed by atoms with Crippen LogP contribution in [0.2, 0.25) is 0 Å². The number of hydrogen-bond acceptors (Lipinski definition) is 9. The summed E-state index contributed by atoms with van der Waals surface area (Å²) < 4.78 is 33.3. The smallest absolute Gasteiger partial charge is 0.256 e. The molecule has 0 bridgehead atoms. The summed E-state index contributed by atoms with van der Waals surface area (Å²) >= 11 is 0. The number of nitrogens with zero attached hydrogens (tertiary/aromatic N) is 6. The average molecular weight is 698 g/mol. The first-order chi connectivity index (χ1) is 25.0. The summed E-state index contributed by atoms with van der Waals surface area (Å²) in [5.41, 5.74) is 0.556. The lowest BCUT2D eigenvalue weighted by Gasteiger charge is -2.27. The van der Waals surface area contributed by atoms with Gasteiger partial charge in [-0.3, -0.25) is 19.3 Å². The van der Waals surface area contributed by atoms with Gasteiger partial charge in [-0.05, 0) is 50.1 Å². The van der Waals surface area contributed by atoms with Gasteiger partial charge in [0.2, 0.25) is 5.43 Å². The minimum atomic E-state index is -0.680. The van der Waals surface area contributed by atoms with Crippen LogP contribution in [0.15, 0.2) is 72.7 Å². The molecule has 2 aliphatic rings. The first-order valence-electron chi connectivity index (χ1n) is 17.2. The number of morpholine rings is 1. The molecule has 266 valence electrons. The Labute approximate surface area is 293 Å². The van der Waals surface area contributed by atoms with Crippen molar-refractivity contribution in [1.82, 2.24) is 39.2 Å². The molecule has 3 aromatic heterocycles. The van der Waals surface area contributed by atoms with Gasteiger partial charge in [0.05, 0.1) is 36.9 Å². The lowest BCUT2D eigenvalue weighted by atomic mass is 10.0. The van der Waals surface area contributed by atoms with Crippen molar-refractivity contribution in [3.8, 4) is 17.2 Å². The van der Waals surface area contributed by atoms with Crippen molar-refractivity contribution in [3.05, 3.63) is 95.1 Å². The van der Waals surface area contributed by atoms with Crippen molar-refractivity contribution in [2.24, 2.45) is 0 Å². The molecule has 5 heterocycles. The number of ether oxygens (including phenoxy) is 2. The standard InChI is InChI=1S/C36H40FN9O5/c37-28-21-26-32-34(31(28)40-6-1-11-43-16-18-50-19-17-43)51-30-20-25(35(48)41-7-2-12-44-14-9-38-23-44)4-5-29(30)46(32)22-27(33(26)47)36(49)42-8-3-13-45-15-10-39-24-45/h4-5,9-10,14-15,20-24,40H,1-3,6-8,11-13,16-19H2,(H,41,48)(H,42,49). The van der Waals surface area contributed by atoms with E-state index in [0.717, 1.165) is 32.1 Å². The van der Waals surface area contributed by atoms with Crippen molar-refractivity contribution < 1.29 is 23.5 Å². The molecular formula is C36H40FN9O5. The molecule has 3 N–H and O–H groups in total. The van der Waals surface area contributed by atoms with E-state index < -0.39 is 17.2 Å². The second-order valence-electron chi connectivity index (χ2n) is 12.5. The number of amides is 2. The first kappa shape index (κ1) is 33.9. The molecule has 5 aromatic rings. The maximum absolute atomic E-state index is 16.0. The minimum absolute atomic E-state index is 0.0118. The highest BCUT2D eigenvalue weighted by Gasteiger charge is 2.29. The van der Waals surface area contributed by atoms with Crippen LogP contribution in [0, 0.1) is 5.82 Å². The van der Waals surface area contributed by atoms with Gasteiger partial charge in [-0.15, -0.1) is 0 Å². The van der Waals surface area contributed by atoms with E-state index in [1.165, 1.54) is 6.20 Å². The zero-order chi connectivity index (χ0) is 35.2. The summed E-state index contributed by atoms with van der Waals surface area (Å²) in [5, 5.41) is 8.97. The summed E-state index contributed by atoms with van der Waals surface area (Å²) in [4.78, 5) is 50.7. The van der Waals surface area contributed by atoms with Gasteiger partial charge < -0.3 is 39.1 Å². The van der Waals surface area contributed by atoms with Gasteiger partial charge in [-0.2, -0.15) is 0 Å². The number of halogens is 1. The largest absolute Gasteiger partial charge is 0.451 e. The Hall–Kier alpha value is -5.54. The molecular weight excluding hydrogens is 657 g/mol. The van der Waals surface area contributed by atoms with Gasteiger partial charge in [0, 0.05) is 82.4 Å². The maximum atomic E-state index is 16.0. The normalized spacial score (nSPS) is 13.8. The lowest BCUT2D eigenvalue weighted by Crippen LogP contribution is -2.37. The Balaban J connectivity index is 1.16. The van der Waals surface area contributed by atoms with Gasteiger partial charge in [0.1, 0.15) is 16.8 Å². The molecule has 2 amide bonds. The predicted octanol–water partition coefficient (Wildman–Crippen LogP) is 3.40. The molecule has 1 fully saturated rings. The number of pyridine rings is 1. The monoisotopic (exact) mass is 697 g/mol. The summed E-state index contributed by atoms with van der Waals surface area (Å²) in [7, 11) is 0. The minimum Gasteiger partial charge on any atom is -0.451 e. The molecule has 1 saturated heterocycles.